The van der Waals surface area contributed by atoms with E-state index in [0.717, 1.165) is 43.6 Å². The Hall–Kier alpha value is -3.49. The molecule has 0 radical (unpaired) electrons. The van der Waals surface area contributed by atoms with Crippen LogP contribution < -0.4 is 24.4 Å². The summed E-state index contributed by atoms with van der Waals surface area (Å²) in [4.78, 5) is 20.2. The summed E-state index contributed by atoms with van der Waals surface area (Å²) < 4.78 is 18.2. The van der Waals surface area contributed by atoms with Gasteiger partial charge < -0.3 is 24.4 Å². The normalized spacial score (nSPS) is 17.9. The summed E-state index contributed by atoms with van der Waals surface area (Å²) in [6, 6.07) is 3.50. The number of fused-ring (bicyclic) bond motifs is 3. The van der Waals surface area contributed by atoms with Gasteiger partial charge in [-0.25, -0.2) is 9.50 Å². The second-order valence-electron chi connectivity index (χ2n) is 8.86. The third kappa shape index (κ3) is 3.99. The van der Waals surface area contributed by atoms with Crippen molar-refractivity contribution in [2.24, 2.45) is 5.92 Å². The molecule has 2 aliphatic rings. The number of methoxy groups -OCH3 is 3. The minimum Gasteiger partial charge on any atom is -0.493 e. The fraction of sp³-hybridized carbons (Fsp3) is 0.480. The highest BCUT2D eigenvalue weighted by Crippen LogP contribution is 2.40. The number of benzene rings is 1. The first-order chi connectivity index (χ1) is 16.6. The van der Waals surface area contributed by atoms with Crippen molar-refractivity contribution in [3.05, 3.63) is 35.8 Å². The van der Waals surface area contributed by atoms with Gasteiger partial charge in [-0.05, 0) is 38.5 Å². The lowest BCUT2D eigenvalue weighted by Crippen LogP contribution is -2.41. The summed E-state index contributed by atoms with van der Waals surface area (Å²) in [5.74, 6) is 2.25. The van der Waals surface area contributed by atoms with E-state index in [0.29, 0.717) is 29.5 Å². The second-order valence-corrected chi connectivity index (χ2v) is 8.86. The third-order valence-corrected chi connectivity index (χ3v) is 6.82. The highest BCUT2D eigenvalue weighted by atomic mass is 16.5. The van der Waals surface area contributed by atoms with Gasteiger partial charge in [-0.2, -0.15) is 5.10 Å². The van der Waals surface area contributed by atoms with Gasteiger partial charge in [-0.1, -0.05) is 0 Å². The van der Waals surface area contributed by atoms with Crippen molar-refractivity contribution < 1.29 is 19.0 Å². The highest BCUT2D eigenvalue weighted by molar-refractivity contribution is 5.94. The molecule has 180 valence electrons. The van der Waals surface area contributed by atoms with Crippen molar-refractivity contribution in [2.45, 2.75) is 38.5 Å². The Morgan fingerprint density at radius 1 is 1.06 bits per heavy atom. The van der Waals surface area contributed by atoms with Crippen LogP contribution in [0.15, 0.2) is 24.5 Å². The number of hydrogen-bond donors (Lipinski definition) is 1. The van der Waals surface area contributed by atoms with E-state index in [4.69, 9.17) is 24.3 Å². The van der Waals surface area contributed by atoms with Crippen molar-refractivity contribution in [3.63, 3.8) is 0 Å². The molecule has 5 rings (SSSR count). The Kier molecular flexibility index (Phi) is 6.17. The van der Waals surface area contributed by atoms with Gasteiger partial charge in [0.2, 0.25) is 11.7 Å². The molecule has 9 nitrogen and oxygen atoms in total. The number of aryl methyl sites for hydroxylation is 2. The molecule has 34 heavy (non-hydrogen) atoms. The number of ether oxygens (including phenoxy) is 3. The van der Waals surface area contributed by atoms with Crippen molar-refractivity contribution in [1.82, 2.24) is 14.6 Å². The van der Waals surface area contributed by atoms with Crippen LogP contribution in [0, 0.1) is 5.92 Å². The summed E-state index contributed by atoms with van der Waals surface area (Å²) in [6.45, 7) is 1.49. The molecule has 1 unspecified atom stereocenters. The first-order valence-corrected chi connectivity index (χ1v) is 11.8. The average molecular weight is 466 g/mol. The molecule has 0 spiro atoms. The molecule has 1 atom stereocenters. The first-order valence-electron chi connectivity index (χ1n) is 11.8. The van der Waals surface area contributed by atoms with E-state index in [1.807, 2.05) is 10.7 Å². The molecule has 0 saturated carbocycles. The Morgan fingerprint density at radius 2 is 1.82 bits per heavy atom. The van der Waals surface area contributed by atoms with E-state index >= 15 is 0 Å². The number of carbonyl (C=O) groups is 1. The average Bonchev–Trinajstić information content (AvgIpc) is 3.27. The largest absolute Gasteiger partial charge is 0.493 e. The van der Waals surface area contributed by atoms with Crippen molar-refractivity contribution in [3.8, 4) is 17.2 Å². The number of carbonyl (C=O) groups excluding carboxylic acids is 1. The Morgan fingerprint density at radius 3 is 2.56 bits per heavy atom. The van der Waals surface area contributed by atoms with Crippen LogP contribution in [0.3, 0.4) is 0 Å². The summed E-state index contributed by atoms with van der Waals surface area (Å²) in [7, 11) is 4.68. The zero-order valence-electron chi connectivity index (χ0n) is 20.0. The van der Waals surface area contributed by atoms with Crippen LogP contribution in [-0.4, -0.2) is 54.9 Å². The van der Waals surface area contributed by atoms with Crippen LogP contribution in [0.1, 0.15) is 36.9 Å². The lowest BCUT2D eigenvalue weighted by Gasteiger charge is -2.33. The molecular weight excluding hydrogens is 434 g/mol. The van der Waals surface area contributed by atoms with Crippen molar-refractivity contribution >= 4 is 22.9 Å². The van der Waals surface area contributed by atoms with Gasteiger partial charge in [0.1, 0.15) is 5.52 Å². The molecule has 1 N–H and O–H groups in total. The second kappa shape index (κ2) is 9.40. The van der Waals surface area contributed by atoms with E-state index < -0.39 is 0 Å². The zero-order chi connectivity index (χ0) is 23.7. The number of hydrogen-bond acceptors (Lipinski definition) is 7. The van der Waals surface area contributed by atoms with E-state index in [1.165, 1.54) is 24.1 Å². The molecule has 3 heterocycles. The molecule has 3 aromatic rings. The van der Waals surface area contributed by atoms with Crippen LogP contribution in [0.4, 0.5) is 11.5 Å². The maximum absolute atomic E-state index is 13.3. The standard InChI is InChI=1S/C25H31N5O4/c1-32-20-13-17(14-21(33-2)23(20)34-3)27-25(31)16-7-6-11-29(15-16)24-22-18-8-4-5-9-19(18)28-30(22)12-10-26-24/h10,12-14,16H,4-9,11,15H2,1-3H3,(H,27,31). The van der Waals surface area contributed by atoms with Crippen LogP contribution in [0.25, 0.3) is 5.52 Å². The molecule has 1 aliphatic carbocycles. The summed E-state index contributed by atoms with van der Waals surface area (Å²) in [6.07, 6.45) is 9.91. The number of aromatic nitrogens is 3. The van der Waals surface area contributed by atoms with Crippen LogP contribution in [0.5, 0.6) is 17.2 Å². The van der Waals surface area contributed by atoms with Crippen LogP contribution in [-0.2, 0) is 17.6 Å². The number of rotatable bonds is 6. The van der Waals surface area contributed by atoms with Crippen LogP contribution in [0.2, 0.25) is 0 Å². The van der Waals surface area contributed by atoms with Gasteiger partial charge in [0.05, 0.1) is 32.9 Å². The summed E-state index contributed by atoms with van der Waals surface area (Å²) in [5.41, 5.74) is 4.22. The van der Waals surface area contributed by atoms with Gasteiger partial charge in [-0.15, -0.1) is 0 Å². The lowest BCUT2D eigenvalue weighted by atomic mass is 9.95. The fourth-order valence-corrected chi connectivity index (χ4v) is 5.16. The predicted molar refractivity (Wildman–Crippen MR) is 129 cm³/mol. The topological polar surface area (TPSA) is 90.2 Å². The first kappa shape index (κ1) is 22.3. The Labute approximate surface area is 199 Å². The monoisotopic (exact) mass is 465 g/mol. The van der Waals surface area contributed by atoms with E-state index in [-0.39, 0.29) is 11.8 Å². The van der Waals surface area contributed by atoms with Crippen LogP contribution >= 0.6 is 0 Å². The third-order valence-electron chi connectivity index (χ3n) is 6.82. The molecular formula is C25H31N5O4. The van der Waals surface area contributed by atoms with E-state index in [2.05, 4.69) is 10.2 Å². The molecule has 2 aromatic heterocycles. The maximum atomic E-state index is 13.3. The van der Waals surface area contributed by atoms with Gasteiger partial charge in [0.25, 0.3) is 0 Å². The van der Waals surface area contributed by atoms with Gasteiger partial charge in [0, 0.05) is 48.9 Å². The quantitative estimate of drug-likeness (QED) is 0.596. The fourth-order valence-electron chi connectivity index (χ4n) is 5.16. The van der Waals surface area contributed by atoms with Gasteiger partial charge >= 0.3 is 0 Å². The highest BCUT2D eigenvalue weighted by Gasteiger charge is 2.30. The maximum Gasteiger partial charge on any atom is 0.229 e. The molecule has 1 saturated heterocycles. The molecule has 0 bridgehead atoms. The summed E-state index contributed by atoms with van der Waals surface area (Å²) >= 11 is 0. The molecule has 1 aliphatic heterocycles. The number of amides is 1. The molecule has 1 aromatic carbocycles. The number of piperidine rings is 1. The predicted octanol–water partition coefficient (Wildman–Crippen LogP) is 3.49. The minimum atomic E-state index is -0.159. The number of nitrogens with zero attached hydrogens (tertiary/aromatic N) is 4. The van der Waals surface area contributed by atoms with Crippen molar-refractivity contribution in [2.75, 3.05) is 44.6 Å². The Bertz CT molecular complexity index is 1180. The zero-order valence-corrected chi connectivity index (χ0v) is 20.0. The van der Waals surface area contributed by atoms with E-state index in [1.54, 1.807) is 39.7 Å². The number of nitrogens with one attached hydrogen (secondary N) is 1. The minimum absolute atomic E-state index is 0.0264. The SMILES string of the molecule is COc1cc(NC(=O)C2CCCN(c3nccn4nc5c(c34)CCCC5)C2)cc(OC)c1OC. The molecule has 1 amide bonds. The molecule has 1 fully saturated rings. The summed E-state index contributed by atoms with van der Waals surface area (Å²) in [5, 5.41) is 7.85. The number of anilines is 2. The smallest absolute Gasteiger partial charge is 0.229 e. The molecule has 9 heteroatoms. The van der Waals surface area contributed by atoms with Gasteiger partial charge in [0.15, 0.2) is 17.3 Å². The lowest BCUT2D eigenvalue weighted by molar-refractivity contribution is -0.120. The Balaban J connectivity index is 1.37. The van der Waals surface area contributed by atoms with Crippen molar-refractivity contribution in [1.29, 1.82) is 0 Å². The van der Waals surface area contributed by atoms with E-state index in [9.17, 15) is 4.79 Å². The van der Waals surface area contributed by atoms with Gasteiger partial charge in [-0.3, -0.25) is 4.79 Å².